The number of carbonyl (C=O) groups is 1. The van der Waals surface area contributed by atoms with Gasteiger partial charge in [0.1, 0.15) is 0 Å². The number of allylic oxidation sites excluding steroid dienone is 2. The molecule has 2 aliphatic rings. The number of hydrogen-bond acceptors (Lipinski definition) is 4. The van der Waals surface area contributed by atoms with E-state index in [0.29, 0.717) is 12.3 Å². The van der Waals surface area contributed by atoms with Crippen LogP contribution in [-0.2, 0) is 4.79 Å². The molecule has 1 atom stereocenters. The minimum Gasteiger partial charge on any atom is -0.338 e. The molecule has 0 unspecified atom stereocenters. The van der Waals surface area contributed by atoms with Gasteiger partial charge in [0.2, 0.25) is 5.88 Å². The number of hydrogen-bond donors (Lipinski definition) is 1. The molecule has 2 heterocycles. The Bertz CT molecular complexity index is 801. The molecule has 0 fully saturated rings. The SMILES string of the molecule is Cc1ccccc1[C@H]1C2=C(CCCC2=O)Nc2onc(C)c21. The summed E-state index contributed by atoms with van der Waals surface area (Å²) in [4.78, 5) is 12.6. The van der Waals surface area contributed by atoms with E-state index in [4.69, 9.17) is 4.52 Å². The summed E-state index contributed by atoms with van der Waals surface area (Å²) in [7, 11) is 0. The largest absolute Gasteiger partial charge is 0.338 e. The van der Waals surface area contributed by atoms with Gasteiger partial charge in [-0.15, -0.1) is 0 Å². The monoisotopic (exact) mass is 294 g/mol. The summed E-state index contributed by atoms with van der Waals surface area (Å²) in [5.74, 6) is 0.874. The quantitative estimate of drug-likeness (QED) is 0.867. The standard InChI is InChI=1S/C18H18N2O2/c1-10-6-3-4-7-12(10)16-15-11(2)20-22-18(15)19-13-8-5-9-14(21)17(13)16/h3-4,6-7,16,19H,5,8-9H2,1-2H3/t16-/m1/s1. The average molecular weight is 294 g/mol. The number of benzene rings is 1. The van der Waals surface area contributed by atoms with Crippen molar-refractivity contribution in [1.29, 1.82) is 0 Å². The van der Waals surface area contributed by atoms with Crippen LogP contribution >= 0.6 is 0 Å². The van der Waals surface area contributed by atoms with E-state index in [9.17, 15) is 4.79 Å². The third-order valence-corrected chi connectivity index (χ3v) is 4.71. The molecule has 0 spiro atoms. The van der Waals surface area contributed by atoms with Gasteiger partial charge in [0, 0.05) is 23.6 Å². The fourth-order valence-corrected chi connectivity index (χ4v) is 3.64. The molecule has 1 aromatic carbocycles. The van der Waals surface area contributed by atoms with Crippen molar-refractivity contribution in [2.75, 3.05) is 5.32 Å². The molecule has 2 aromatic rings. The Kier molecular flexibility index (Phi) is 2.93. The first-order chi connectivity index (χ1) is 10.7. The molecule has 0 saturated heterocycles. The number of anilines is 1. The Labute approximate surface area is 129 Å². The van der Waals surface area contributed by atoms with E-state index in [1.54, 1.807) is 0 Å². The Hall–Kier alpha value is -2.36. The second-order valence-electron chi connectivity index (χ2n) is 6.09. The van der Waals surface area contributed by atoms with Gasteiger partial charge in [0.15, 0.2) is 5.78 Å². The van der Waals surface area contributed by atoms with Crippen molar-refractivity contribution in [2.24, 2.45) is 0 Å². The zero-order chi connectivity index (χ0) is 15.3. The van der Waals surface area contributed by atoms with Crippen molar-refractivity contribution in [3.05, 3.63) is 57.9 Å². The summed E-state index contributed by atoms with van der Waals surface area (Å²) in [5, 5.41) is 7.41. The van der Waals surface area contributed by atoms with Gasteiger partial charge in [-0.25, -0.2) is 0 Å². The summed E-state index contributed by atoms with van der Waals surface area (Å²) < 4.78 is 5.46. The molecule has 4 nitrogen and oxygen atoms in total. The van der Waals surface area contributed by atoms with E-state index in [1.165, 1.54) is 11.1 Å². The Balaban J connectivity index is 1.99. The lowest BCUT2D eigenvalue weighted by molar-refractivity contribution is -0.116. The van der Waals surface area contributed by atoms with E-state index in [-0.39, 0.29) is 11.7 Å². The predicted octanol–water partition coefficient (Wildman–Crippen LogP) is 3.86. The molecule has 22 heavy (non-hydrogen) atoms. The van der Waals surface area contributed by atoms with Crippen molar-refractivity contribution in [3.63, 3.8) is 0 Å². The van der Waals surface area contributed by atoms with Gasteiger partial charge < -0.3 is 9.84 Å². The van der Waals surface area contributed by atoms with E-state index in [0.717, 1.165) is 35.4 Å². The van der Waals surface area contributed by atoms with Gasteiger partial charge in [0.05, 0.1) is 11.3 Å². The second-order valence-corrected chi connectivity index (χ2v) is 6.09. The molecule has 0 saturated carbocycles. The highest BCUT2D eigenvalue weighted by atomic mass is 16.5. The lowest BCUT2D eigenvalue weighted by atomic mass is 9.75. The van der Waals surface area contributed by atoms with Crippen LogP contribution in [0.2, 0.25) is 0 Å². The number of nitrogens with zero attached hydrogens (tertiary/aromatic N) is 1. The normalized spacial score (nSPS) is 20.5. The molecule has 1 aliphatic carbocycles. The highest BCUT2D eigenvalue weighted by molar-refractivity contribution is 6.01. The first-order valence-electron chi connectivity index (χ1n) is 7.71. The number of aromatic nitrogens is 1. The summed E-state index contributed by atoms with van der Waals surface area (Å²) in [6.45, 7) is 4.03. The molecule has 4 heteroatoms. The average Bonchev–Trinajstić information content (AvgIpc) is 2.88. The molecule has 0 amide bonds. The van der Waals surface area contributed by atoms with E-state index < -0.39 is 0 Å². The van der Waals surface area contributed by atoms with Crippen molar-refractivity contribution in [3.8, 4) is 0 Å². The minimum atomic E-state index is -0.0634. The van der Waals surface area contributed by atoms with Crippen LogP contribution < -0.4 is 5.32 Å². The third-order valence-electron chi connectivity index (χ3n) is 4.71. The van der Waals surface area contributed by atoms with E-state index >= 15 is 0 Å². The number of rotatable bonds is 1. The lowest BCUT2D eigenvalue weighted by Gasteiger charge is -2.31. The summed E-state index contributed by atoms with van der Waals surface area (Å²) >= 11 is 0. The molecule has 4 rings (SSSR count). The fourth-order valence-electron chi connectivity index (χ4n) is 3.64. The molecule has 112 valence electrons. The van der Waals surface area contributed by atoms with Crippen molar-refractivity contribution in [2.45, 2.75) is 39.0 Å². The molecule has 1 N–H and O–H groups in total. The Morgan fingerprint density at radius 2 is 2.05 bits per heavy atom. The maximum Gasteiger partial charge on any atom is 0.233 e. The third kappa shape index (κ3) is 1.83. The van der Waals surface area contributed by atoms with Gasteiger partial charge >= 0.3 is 0 Å². The van der Waals surface area contributed by atoms with Gasteiger partial charge in [0.25, 0.3) is 0 Å². The maximum atomic E-state index is 12.6. The molecule has 1 aromatic heterocycles. The van der Waals surface area contributed by atoms with Crippen LogP contribution in [0.25, 0.3) is 0 Å². The van der Waals surface area contributed by atoms with Crippen LogP contribution in [0.15, 0.2) is 40.1 Å². The first kappa shape index (κ1) is 13.3. The zero-order valence-corrected chi connectivity index (χ0v) is 12.8. The topological polar surface area (TPSA) is 55.1 Å². The molecular weight excluding hydrogens is 276 g/mol. The van der Waals surface area contributed by atoms with Crippen LogP contribution in [0, 0.1) is 13.8 Å². The predicted molar refractivity (Wildman–Crippen MR) is 83.8 cm³/mol. The Morgan fingerprint density at radius 1 is 1.23 bits per heavy atom. The zero-order valence-electron chi connectivity index (χ0n) is 12.8. The highest BCUT2D eigenvalue weighted by Gasteiger charge is 2.38. The summed E-state index contributed by atoms with van der Waals surface area (Å²) in [5.41, 5.74) is 6.11. The lowest BCUT2D eigenvalue weighted by Crippen LogP contribution is -2.27. The number of nitrogens with one attached hydrogen (secondary N) is 1. The smallest absolute Gasteiger partial charge is 0.233 e. The number of Topliss-reactive ketones (excluding diaryl/α,β-unsaturated/α-hetero) is 1. The van der Waals surface area contributed by atoms with E-state index in [1.807, 2.05) is 19.1 Å². The minimum absolute atomic E-state index is 0.0634. The second kappa shape index (κ2) is 4.83. The van der Waals surface area contributed by atoms with Crippen LogP contribution in [-0.4, -0.2) is 10.9 Å². The number of carbonyl (C=O) groups excluding carboxylic acids is 1. The number of aryl methyl sites for hydroxylation is 2. The van der Waals surface area contributed by atoms with Gasteiger partial charge in [-0.3, -0.25) is 4.79 Å². The highest BCUT2D eigenvalue weighted by Crippen LogP contribution is 2.47. The van der Waals surface area contributed by atoms with Crippen molar-refractivity contribution < 1.29 is 9.32 Å². The van der Waals surface area contributed by atoms with Crippen LogP contribution in [0.1, 0.15) is 47.6 Å². The van der Waals surface area contributed by atoms with Crippen LogP contribution in [0.5, 0.6) is 0 Å². The molecule has 0 bridgehead atoms. The van der Waals surface area contributed by atoms with Crippen molar-refractivity contribution >= 4 is 11.7 Å². The molecule has 1 aliphatic heterocycles. The van der Waals surface area contributed by atoms with Crippen LogP contribution in [0.4, 0.5) is 5.88 Å². The summed E-state index contributed by atoms with van der Waals surface area (Å²) in [6.07, 6.45) is 2.42. The first-order valence-corrected chi connectivity index (χ1v) is 7.71. The van der Waals surface area contributed by atoms with Crippen LogP contribution in [0.3, 0.4) is 0 Å². The maximum absolute atomic E-state index is 12.6. The van der Waals surface area contributed by atoms with Crippen molar-refractivity contribution in [1.82, 2.24) is 5.16 Å². The Morgan fingerprint density at radius 3 is 2.86 bits per heavy atom. The number of fused-ring (bicyclic) bond motifs is 1. The summed E-state index contributed by atoms with van der Waals surface area (Å²) in [6, 6.07) is 8.25. The van der Waals surface area contributed by atoms with Gasteiger partial charge in [-0.05, 0) is 37.8 Å². The molecular formula is C18H18N2O2. The van der Waals surface area contributed by atoms with Gasteiger partial charge in [-0.1, -0.05) is 29.4 Å². The van der Waals surface area contributed by atoms with Gasteiger partial charge in [-0.2, -0.15) is 0 Å². The number of ketones is 1. The fraction of sp³-hybridized carbons (Fsp3) is 0.333. The van der Waals surface area contributed by atoms with E-state index in [2.05, 4.69) is 29.5 Å². The molecule has 0 radical (unpaired) electrons.